The van der Waals surface area contributed by atoms with Gasteiger partial charge in [0.25, 0.3) is 5.89 Å². The van der Waals surface area contributed by atoms with E-state index in [0.29, 0.717) is 62.0 Å². The monoisotopic (exact) mass is 463 g/mol. The molecular weight excluding hydrogens is 441 g/mol. The molecule has 0 spiro atoms. The van der Waals surface area contributed by atoms with Crippen LogP contribution in [0.1, 0.15) is 42.3 Å². The normalized spacial score (nSPS) is 18.8. The zero-order valence-corrected chi connectivity index (χ0v) is 18.5. The van der Waals surface area contributed by atoms with E-state index in [0.717, 1.165) is 5.82 Å². The van der Waals surface area contributed by atoms with Crippen LogP contribution in [0.3, 0.4) is 0 Å². The number of nitriles is 1. The van der Waals surface area contributed by atoms with Gasteiger partial charge in [0.15, 0.2) is 0 Å². The molecular formula is C23H22FN7O3. The van der Waals surface area contributed by atoms with E-state index in [4.69, 9.17) is 14.5 Å². The molecule has 0 saturated carbocycles. The van der Waals surface area contributed by atoms with Crippen molar-refractivity contribution in [1.82, 2.24) is 25.2 Å². The van der Waals surface area contributed by atoms with Gasteiger partial charge in [-0.2, -0.15) is 5.26 Å². The number of amides is 1. The Kier molecular flexibility index (Phi) is 5.90. The fourth-order valence-electron chi connectivity index (χ4n) is 4.43. The van der Waals surface area contributed by atoms with Gasteiger partial charge in [-0.25, -0.2) is 19.4 Å². The summed E-state index contributed by atoms with van der Waals surface area (Å²) in [7, 11) is 0. The lowest BCUT2D eigenvalue weighted by Crippen LogP contribution is -2.42. The van der Waals surface area contributed by atoms with Crippen molar-refractivity contribution < 1.29 is 18.4 Å². The number of halogens is 1. The minimum atomic E-state index is -0.499. The molecule has 0 N–H and O–H groups in total. The third-order valence-electron chi connectivity index (χ3n) is 6.12. The number of piperidine rings is 1. The number of benzene rings is 1. The van der Waals surface area contributed by atoms with Crippen molar-refractivity contribution in [2.75, 3.05) is 24.6 Å². The predicted octanol–water partition coefficient (Wildman–Crippen LogP) is 2.97. The number of aryl methyl sites for hydroxylation is 1. The van der Waals surface area contributed by atoms with Crippen LogP contribution < -0.4 is 4.90 Å². The number of hydrogen-bond donors (Lipinski definition) is 0. The molecule has 1 aromatic carbocycles. The maximum absolute atomic E-state index is 14.0. The summed E-state index contributed by atoms with van der Waals surface area (Å²) in [5.41, 5.74) is 1.34. The van der Waals surface area contributed by atoms with Gasteiger partial charge >= 0.3 is 0 Å². The van der Waals surface area contributed by atoms with E-state index in [-0.39, 0.29) is 17.4 Å². The minimum absolute atomic E-state index is 0.116. The van der Waals surface area contributed by atoms with Crippen LogP contribution in [0.5, 0.6) is 0 Å². The number of hydroxylamine groups is 2. The van der Waals surface area contributed by atoms with Crippen LogP contribution in [0.4, 0.5) is 10.2 Å². The van der Waals surface area contributed by atoms with Crippen molar-refractivity contribution in [2.45, 2.75) is 32.2 Å². The molecule has 5 rings (SSSR count). The fraction of sp³-hybridized carbons (Fsp3) is 0.391. The largest absolute Gasteiger partial charge is 0.420 e. The van der Waals surface area contributed by atoms with Gasteiger partial charge < -0.3 is 9.32 Å². The van der Waals surface area contributed by atoms with Crippen LogP contribution >= 0.6 is 0 Å². The van der Waals surface area contributed by atoms with Crippen molar-refractivity contribution in [3.05, 3.63) is 53.4 Å². The average Bonchev–Trinajstić information content (AvgIpc) is 3.53. The molecule has 0 aliphatic carbocycles. The van der Waals surface area contributed by atoms with Gasteiger partial charge in [0.05, 0.1) is 24.3 Å². The molecule has 34 heavy (non-hydrogen) atoms. The molecule has 0 radical (unpaired) electrons. The van der Waals surface area contributed by atoms with E-state index < -0.39 is 11.9 Å². The first-order chi connectivity index (χ1) is 16.5. The van der Waals surface area contributed by atoms with E-state index in [2.05, 4.69) is 25.1 Å². The van der Waals surface area contributed by atoms with Crippen molar-refractivity contribution in [3.63, 3.8) is 0 Å². The van der Waals surface area contributed by atoms with Crippen molar-refractivity contribution >= 4 is 11.7 Å². The van der Waals surface area contributed by atoms with Gasteiger partial charge in [0, 0.05) is 38.4 Å². The molecule has 0 unspecified atom stereocenters. The summed E-state index contributed by atoms with van der Waals surface area (Å²) in [5.74, 6) is 0.683. The van der Waals surface area contributed by atoms with Crippen molar-refractivity contribution in [3.8, 4) is 17.7 Å². The highest BCUT2D eigenvalue weighted by Crippen LogP contribution is 2.34. The Morgan fingerprint density at radius 1 is 1.15 bits per heavy atom. The second-order valence-electron chi connectivity index (χ2n) is 8.34. The van der Waals surface area contributed by atoms with E-state index in [1.54, 1.807) is 19.1 Å². The Hall–Kier alpha value is -3.91. The van der Waals surface area contributed by atoms with Gasteiger partial charge in [-0.15, -0.1) is 10.2 Å². The first-order valence-electron chi connectivity index (χ1n) is 11.1. The second kappa shape index (κ2) is 9.15. The Morgan fingerprint density at radius 3 is 2.71 bits per heavy atom. The fourth-order valence-corrected chi connectivity index (χ4v) is 4.43. The zero-order valence-electron chi connectivity index (χ0n) is 18.5. The van der Waals surface area contributed by atoms with E-state index in [9.17, 15) is 9.18 Å². The molecule has 3 aromatic rings. The SMILES string of the molecule is Cc1nnc(-c2cc(N3CCC(C(=O)N4OCC[C@H]4c4cc(F)cc(C#N)c4)CC3)ncn2)o1. The summed E-state index contributed by atoms with van der Waals surface area (Å²) in [4.78, 5) is 29.6. The number of hydrogen-bond acceptors (Lipinski definition) is 9. The number of anilines is 1. The third-order valence-corrected chi connectivity index (χ3v) is 6.12. The second-order valence-corrected chi connectivity index (χ2v) is 8.34. The Balaban J connectivity index is 1.26. The van der Waals surface area contributed by atoms with Crippen LogP contribution in [-0.4, -0.2) is 50.8 Å². The summed E-state index contributed by atoms with van der Waals surface area (Å²) in [5, 5.41) is 18.4. The summed E-state index contributed by atoms with van der Waals surface area (Å²) >= 11 is 0. The van der Waals surface area contributed by atoms with Crippen LogP contribution in [0.15, 0.2) is 35.0 Å². The first-order valence-corrected chi connectivity index (χ1v) is 11.1. The number of nitrogens with zero attached hydrogens (tertiary/aromatic N) is 7. The summed E-state index contributed by atoms with van der Waals surface area (Å²) in [6.45, 7) is 3.35. The lowest BCUT2D eigenvalue weighted by Gasteiger charge is -2.34. The topological polar surface area (TPSA) is 121 Å². The van der Waals surface area contributed by atoms with Gasteiger partial charge in [-0.3, -0.25) is 9.63 Å². The van der Waals surface area contributed by atoms with Crippen molar-refractivity contribution in [1.29, 1.82) is 5.26 Å². The molecule has 4 heterocycles. The molecule has 1 atom stereocenters. The van der Waals surface area contributed by atoms with E-state index in [1.165, 1.54) is 23.5 Å². The molecule has 11 heteroatoms. The number of aromatic nitrogens is 4. The first kappa shape index (κ1) is 21.9. The minimum Gasteiger partial charge on any atom is -0.420 e. The maximum atomic E-state index is 14.0. The summed E-state index contributed by atoms with van der Waals surface area (Å²) < 4.78 is 19.4. The highest BCUT2D eigenvalue weighted by molar-refractivity contribution is 5.79. The zero-order chi connectivity index (χ0) is 23.7. The summed E-state index contributed by atoms with van der Waals surface area (Å²) in [6.07, 6.45) is 3.25. The number of carbonyl (C=O) groups excluding carboxylic acids is 1. The average molecular weight is 463 g/mol. The van der Waals surface area contributed by atoms with Gasteiger partial charge in [0.1, 0.15) is 23.7 Å². The Labute approximate surface area is 194 Å². The Bertz CT molecular complexity index is 1250. The molecule has 0 bridgehead atoms. The van der Waals surface area contributed by atoms with Crippen LogP contribution in [0, 0.1) is 30.0 Å². The van der Waals surface area contributed by atoms with Crippen LogP contribution in [0.25, 0.3) is 11.6 Å². The van der Waals surface area contributed by atoms with Gasteiger partial charge in [0.2, 0.25) is 11.8 Å². The van der Waals surface area contributed by atoms with Crippen LogP contribution in [0.2, 0.25) is 0 Å². The molecule has 2 fully saturated rings. The maximum Gasteiger partial charge on any atom is 0.266 e. The third kappa shape index (κ3) is 4.32. The molecule has 2 saturated heterocycles. The molecule has 174 valence electrons. The van der Waals surface area contributed by atoms with E-state index >= 15 is 0 Å². The lowest BCUT2D eigenvalue weighted by molar-refractivity contribution is -0.182. The molecule has 10 nitrogen and oxygen atoms in total. The summed E-state index contributed by atoms with van der Waals surface area (Å²) in [6, 6.07) is 7.51. The number of rotatable bonds is 4. The lowest BCUT2D eigenvalue weighted by atomic mass is 9.94. The van der Waals surface area contributed by atoms with E-state index in [1.807, 2.05) is 6.07 Å². The smallest absolute Gasteiger partial charge is 0.266 e. The quantitative estimate of drug-likeness (QED) is 0.575. The van der Waals surface area contributed by atoms with Gasteiger partial charge in [-0.1, -0.05) is 0 Å². The molecule has 1 amide bonds. The van der Waals surface area contributed by atoms with Crippen LogP contribution in [-0.2, 0) is 9.63 Å². The molecule has 2 aliphatic rings. The predicted molar refractivity (Wildman–Crippen MR) is 116 cm³/mol. The molecule has 2 aliphatic heterocycles. The number of carbonyl (C=O) groups is 1. The van der Waals surface area contributed by atoms with Gasteiger partial charge in [-0.05, 0) is 36.6 Å². The highest BCUT2D eigenvalue weighted by atomic mass is 19.1. The highest BCUT2D eigenvalue weighted by Gasteiger charge is 2.37. The molecule has 2 aromatic heterocycles. The Morgan fingerprint density at radius 2 is 1.97 bits per heavy atom. The standard InChI is InChI=1S/C23H22FN7O3/c1-14-28-29-22(34-14)19-11-21(27-13-26-19)30-5-2-16(3-6-30)23(32)31-20(4-7-33-31)17-8-15(12-25)9-18(24)10-17/h8-11,13,16,20H,2-7H2,1H3/t20-/m0/s1. The van der Waals surface area contributed by atoms with Crippen molar-refractivity contribution in [2.24, 2.45) is 5.92 Å².